The third-order valence-corrected chi connectivity index (χ3v) is 2.74. The zero-order valence-corrected chi connectivity index (χ0v) is 11.3. The molecule has 0 amide bonds. The molecule has 0 radical (unpaired) electrons. The minimum absolute atomic E-state index is 0.0261. The van der Waals surface area contributed by atoms with Crippen molar-refractivity contribution in [1.82, 2.24) is 9.97 Å². The third kappa shape index (κ3) is 3.25. The molecule has 2 rings (SSSR count). The summed E-state index contributed by atoms with van der Waals surface area (Å²) in [5.74, 6) is -0.544. The Morgan fingerprint density at radius 3 is 2.84 bits per heavy atom. The molecule has 5 nitrogen and oxygen atoms in total. The number of halogens is 2. The molecule has 0 fully saturated rings. The van der Waals surface area contributed by atoms with Gasteiger partial charge >= 0.3 is 5.97 Å². The highest BCUT2D eigenvalue weighted by molar-refractivity contribution is 9.10. The average molecular weight is 327 g/mol. The molecule has 0 aliphatic carbocycles. The number of aromatic nitrogens is 2. The minimum Gasteiger partial charge on any atom is -0.464 e. The first kappa shape index (κ1) is 13.4. The number of benzene rings is 1. The van der Waals surface area contributed by atoms with Gasteiger partial charge in [0, 0.05) is 0 Å². The van der Waals surface area contributed by atoms with E-state index in [4.69, 9.17) is 4.74 Å². The number of carbonyl (C=O) groups is 1. The number of hydrogen-bond donors (Lipinski definition) is 0. The summed E-state index contributed by atoms with van der Waals surface area (Å²) in [6.45, 7) is 0. The molecule has 98 valence electrons. The van der Waals surface area contributed by atoms with Crippen LogP contribution in [0, 0.1) is 5.82 Å². The molecule has 0 bridgehead atoms. The number of esters is 1. The average Bonchev–Trinajstić information content (AvgIpc) is 2.41. The largest absolute Gasteiger partial charge is 0.464 e. The number of methoxy groups -OCH3 is 1. The van der Waals surface area contributed by atoms with Crippen molar-refractivity contribution in [1.29, 1.82) is 0 Å². The first-order chi connectivity index (χ1) is 9.10. The van der Waals surface area contributed by atoms with Gasteiger partial charge in [-0.25, -0.2) is 14.2 Å². The molecule has 0 aliphatic heterocycles. The second-order valence-electron chi connectivity index (χ2n) is 3.41. The summed E-state index contributed by atoms with van der Waals surface area (Å²) in [5, 5.41) is 0. The fraction of sp³-hybridized carbons (Fsp3) is 0.0833. The summed E-state index contributed by atoms with van der Waals surface area (Å²) in [5.41, 5.74) is 0.0261. The summed E-state index contributed by atoms with van der Waals surface area (Å²) in [7, 11) is 1.24. The van der Waals surface area contributed by atoms with Crippen molar-refractivity contribution in [3.05, 3.63) is 46.6 Å². The van der Waals surface area contributed by atoms with Crippen LogP contribution in [0.2, 0.25) is 0 Å². The molecule has 1 aromatic carbocycles. The fourth-order valence-corrected chi connectivity index (χ4v) is 1.70. The quantitative estimate of drug-likeness (QED) is 0.811. The molecule has 0 saturated heterocycles. The predicted octanol–water partition coefficient (Wildman–Crippen LogP) is 2.96. The monoisotopic (exact) mass is 326 g/mol. The van der Waals surface area contributed by atoms with Crippen molar-refractivity contribution >= 4 is 21.9 Å². The number of nitrogens with zero attached hydrogens (tertiary/aromatic N) is 2. The summed E-state index contributed by atoms with van der Waals surface area (Å²) >= 11 is 3.16. The van der Waals surface area contributed by atoms with E-state index in [-0.39, 0.29) is 11.6 Å². The van der Waals surface area contributed by atoms with Gasteiger partial charge in [0.25, 0.3) is 0 Å². The van der Waals surface area contributed by atoms with Crippen molar-refractivity contribution in [3.63, 3.8) is 0 Å². The molecular formula is C12H8BrFN2O3. The first-order valence-corrected chi connectivity index (χ1v) is 5.92. The zero-order valence-electron chi connectivity index (χ0n) is 9.76. The van der Waals surface area contributed by atoms with E-state index in [0.29, 0.717) is 10.2 Å². The van der Waals surface area contributed by atoms with Crippen molar-refractivity contribution in [3.8, 4) is 11.6 Å². The van der Waals surface area contributed by atoms with E-state index in [9.17, 15) is 9.18 Å². The molecule has 7 heteroatoms. The maximum Gasteiger partial charge on any atom is 0.358 e. The number of hydrogen-bond acceptors (Lipinski definition) is 5. The van der Waals surface area contributed by atoms with E-state index >= 15 is 0 Å². The van der Waals surface area contributed by atoms with Crippen LogP contribution in [0.4, 0.5) is 4.39 Å². The lowest BCUT2D eigenvalue weighted by Gasteiger charge is -2.07. The topological polar surface area (TPSA) is 61.3 Å². The van der Waals surface area contributed by atoms with Crippen LogP contribution < -0.4 is 4.74 Å². The molecular weight excluding hydrogens is 319 g/mol. The van der Waals surface area contributed by atoms with Gasteiger partial charge in [0.1, 0.15) is 11.6 Å². The van der Waals surface area contributed by atoms with Gasteiger partial charge in [0.15, 0.2) is 5.69 Å². The van der Waals surface area contributed by atoms with Gasteiger partial charge in [-0.2, -0.15) is 0 Å². The molecule has 19 heavy (non-hydrogen) atoms. The van der Waals surface area contributed by atoms with Crippen molar-refractivity contribution in [2.45, 2.75) is 0 Å². The van der Waals surface area contributed by atoms with Gasteiger partial charge in [-0.05, 0) is 34.1 Å². The van der Waals surface area contributed by atoms with Gasteiger partial charge in [-0.3, -0.25) is 4.98 Å². The summed E-state index contributed by atoms with van der Waals surface area (Å²) in [6.07, 6.45) is 2.60. The second-order valence-corrected chi connectivity index (χ2v) is 4.27. The Hall–Kier alpha value is -2.02. The van der Waals surface area contributed by atoms with Gasteiger partial charge in [0.2, 0.25) is 5.88 Å². The Morgan fingerprint density at radius 1 is 1.37 bits per heavy atom. The van der Waals surface area contributed by atoms with Crippen LogP contribution in [0.15, 0.2) is 35.1 Å². The normalized spacial score (nSPS) is 10.1. The Bertz CT molecular complexity index is 622. The highest BCUT2D eigenvalue weighted by atomic mass is 79.9. The molecule has 2 aromatic rings. The summed E-state index contributed by atoms with van der Waals surface area (Å²) in [4.78, 5) is 19.0. The first-order valence-electron chi connectivity index (χ1n) is 5.13. The van der Waals surface area contributed by atoms with Gasteiger partial charge in [-0.15, -0.1) is 0 Å². The Morgan fingerprint density at radius 2 is 2.16 bits per heavy atom. The van der Waals surface area contributed by atoms with Crippen LogP contribution in [0.3, 0.4) is 0 Å². The molecule has 0 saturated carbocycles. The van der Waals surface area contributed by atoms with Crippen molar-refractivity contribution in [2.75, 3.05) is 7.11 Å². The molecule has 0 N–H and O–H groups in total. The van der Waals surface area contributed by atoms with Crippen molar-refractivity contribution < 1.29 is 18.7 Å². The predicted molar refractivity (Wildman–Crippen MR) is 67.5 cm³/mol. The van der Waals surface area contributed by atoms with Crippen LogP contribution in [-0.4, -0.2) is 23.0 Å². The Balaban J connectivity index is 2.26. The van der Waals surface area contributed by atoms with E-state index in [2.05, 4.69) is 30.6 Å². The molecule has 0 atom stereocenters. The third-order valence-electron chi connectivity index (χ3n) is 2.12. The van der Waals surface area contributed by atoms with E-state index in [0.717, 1.165) is 0 Å². The molecule has 1 aromatic heterocycles. The molecule has 0 aliphatic rings. The van der Waals surface area contributed by atoms with E-state index in [1.54, 1.807) is 0 Å². The van der Waals surface area contributed by atoms with Gasteiger partial charge in [0.05, 0.1) is 24.0 Å². The number of rotatable bonds is 3. The van der Waals surface area contributed by atoms with Crippen LogP contribution in [0.5, 0.6) is 11.6 Å². The van der Waals surface area contributed by atoms with Crippen LogP contribution in [0.25, 0.3) is 0 Å². The molecule has 0 spiro atoms. The number of ether oxygens (including phenoxy) is 2. The summed E-state index contributed by atoms with van der Waals surface area (Å²) in [6, 6.07) is 3.94. The highest BCUT2D eigenvalue weighted by Gasteiger charge is 2.11. The molecule has 0 unspecified atom stereocenters. The minimum atomic E-state index is -0.615. The van der Waals surface area contributed by atoms with Crippen molar-refractivity contribution in [2.24, 2.45) is 0 Å². The van der Waals surface area contributed by atoms with Crippen LogP contribution >= 0.6 is 15.9 Å². The lowest BCUT2D eigenvalue weighted by atomic mass is 10.3. The fourth-order valence-electron chi connectivity index (χ4n) is 1.27. The SMILES string of the molecule is COC(=O)c1cncc(Oc2ccc(F)cc2Br)n1. The second kappa shape index (κ2) is 5.75. The lowest BCUT2D eigenvalue weighted by molar-refractivity contribution is 0.0592. The van der Waals surface area contributed by atoms with Gasteiger partial charge < -0.3 is 9.47 Å². The lowest BCUT2D eigenvalue weighted by Crippen LogP contribution is -2.05. The maximum atomic E-state index is 12.9. The van der Waals surface area contributed by atoms with Crippen LogP contribution in [-0.2, 0) is 4.74 Å². The standard InChI is InChI=1S/C12H8BrFN2O3/c1-18-12(17)9-5-15-6-11(16-9)19-10-3-2-7(14)4-8(10)13/h2-6H,1H3. The summed E-state index contributed by atoms with van der Waals surface area (Å²) < 4.78 is 23.3. The maximum absolute atomic E-state index is 12.9. The van der Waals surface area contributed by atoms with Gasteiger partial charge in [-0.1, -0.05) is 0 Å². The van der Waals surface area contributed by atoms with E-state index in [1.165, 1.54) is 37.7 Å². The van der Waals surface area contributed by atoms with Crippen LogP contribution in [0.1, 0.15) is 10.5 Å². The smallest absolute Gasteiger partial charge is 0.358 e. The Labute approximate surface area is 116 Å². The van der Waals surface area contributed by atoms with E-state index in [1.807, 2.05) is 0 Å². The highest BCUT2D eigenvalue weighted by Crippen LogP contribution is 2.29. The molecule has 1 heterocycles. The number of carbonyl (C=O) groups excluding carboxylic acids is 1. The Kier molecular flexibility index (Phi) is 4.06. The van der Waals surface area contributed by atoms with E-state index < -0.39 is 11.8 Å². The zero-order chi connectivity index (χ0) is 13.8.